The van der Waals surface area contributed by atoms with E-state index in [1.165, 1.54) is 4.90 Å². The Hall–Kier alpha value is -2.63. The van der Waals surface area contributed by atoms with Crippen molar-refractivity contribution in [3.05, 3.63) is 47.8 Å². The summed E-state index contributed by atoms with van der Waals surface area (Å²) in [6.07, 6.45) is 3.19. The average Bonchev–Trinajstić information content (AvgIpc) is 2.99. The Balaban J connectivity index is 2.28. The van der Waals surface area contributed by atoms with Gasteiger partial charge in [-0.2, -0.15) is 5.10 Å². The van der Waals surface area contributed by atoms with E-state index in [1.807, 2.05) is 30.3 Å². The van der Waals surface area contributed by atoms with Crippen LogP contribution in [0.5, 0.6) is 0 Å². The van der Waals surface area contributed by atoms with Gasteiger partial charge in [-0.3, -0.25) is 9.59 Å². The summed E-state index contributed by atoms with van der Waals surface area (Å²) in [5, 5.41) is 4.38. The molecule has 0 spiro atoms. The molecule has 1 heterocycles. The molecule has 1 aromatic carbocycles. The van der Waals surface area contributed by atoms with Gasteiger partial charge >= 0.3 is 5.97 Å². The number of nitrogens with zero attached hydrogens (tertiary/aromatic N) is 3. The van der Waals surface area contributed by atoms with Gasteiger partial charge in [0.15, 0.2) is 0 Å². The highest BCUT2D eigenvalue weighted by Crippen LogP contribution is 2.18. The van der Waals surface area contributed by atoms with Crippen molar-refractivity contribution in [1.82, 2.24) is 14.7 Å². The van der Waals surface area contributed by atoms with Crippen LogP contribution in [0.1, 0.15) is 36.3 Å². The Morgan fingerprint density at radius 1 is 1.21 bits per heavy atom. The number of likely N-dealkylation sites (N-methyl/N-ethyl adjacent to an activating group) is 1. The number of hydrogen-bond acceptors (Lipinski definition) is 4. The molecule has 128 valence electrons. The second kappa shape index (κ2) is 8.29. The van der Waals surface area contributed by atoms with Crippen LogP contribution in [0.2, 0.25) is 0 Å². The topological polar surface area (TPSA) is 64.4 Å². The van der Waals surface area contributed by atoms with E-state index in [9.17, 15) is 9.59 Å². The first-order valence-electron chi connectivity index (χ1n) is 8.11. The standard InChI is InChI=1S/C18H23N3O3/c1-4-9-16-15(18(23)20(3)13-17(22)24-5-2)12-19-21(16)14-10-7-6-8-11-14/h6-8,10-12H,4-5,9,13H2,1-3H3. The first-order valence-corrected chi connectivity index (χ1v) is 8.11. The third-order valence-electron chi connectivity index (χ3n) is 3.61. The number of hydrogen-bond donors (Lipinski definition) is 0. The monoisotopic (exact) mass is 329 g/mol. The molecule has 0 bridgehead atoms. The van der Waals surface area contributed by atoms with Gasteiger partial charge in [-0.15, -0.1) is 0 Å². The minimum absolute atomic E-state index is 0.0746. The molecule has 2 rings (SSSR count). The molecule has 0 aliphatic heterocycles. The molecule has 0 aliphatic rings. The highest BCUT2D eigenvalue weighted by atomic mass is 16.5. The van der Waals surface area contributed by atoms with E-state index >= 15 is 0 Å². The SMILES string of the molecule is CCCc1c(C(=O)N(C)CC(=O)OCC)cnn1-c1ccccc1. The highest BCUT2D eigenvalue weighted by Gasteiger charge is 2.22. The van der Waals surface area contributed by atoms with E-state index in [1.54, 1.807) is 24.9 Å². The molecule has 1 amide bonds. The summed E-state index contributed by atoms with van der Waals surface area (Å²) < 4.78 is 6.68. The Bertz CT molecular complexity index is 695. The molecular formula is C18H23N3O3. The molecule has 1 aromatic heterocycles. The van der Waals surface area contributed by atoms with Crippen molar-refractivity contribution in [3.8, 4) is 5.69 Å². The number of para-hydroxylation sites is 1. The lowest BCUT2D eigenvalue weighted by Gasteiger charge is -2.16. The van der Waals surface area contributed by atoms with Gasteiger partial charge in [0.2, 0.25) is 0 Å². The summed E-state index contributed by atoms with van der Waals surface area (Å²) in [4.78, 5) is 25.6. The summed E-state index contributed by atoms with van der Waals surface area (Å²) in [6, 6.07) is 9.69. The fraction of sp³-hybridized carbons (Fsp3) is 0.389. The van der Waals surface area contributed by atoms with Crippen LogP contribution < -0.4 is 0 Å². The fourth-order valence-electron chi connectivity index (χ4n) is 2.50. The maximum atomic E-state index is 12.7. The number of amides is 1. The van der Waals surface area contributed by atoms with Crippen molar-refractivity contribution >= 4 is 11.9 Å². The molecular weight excluding hydrogens is 306 g/mol. The Kier molecular flexibility index (Phi) is 6.12. The van der Waals surface area contributed by atoms with Gasteiger partial charge in [0.1, 0.15) is 6.54 Å². The second-order valence-electron chi connectivity index (χ2n) is 5.47. The molecule has 0 saturated heterocycles. The van der Waals surface area contributed by atoms with E-state index in [0.717, 1.165) is 24.2 Å². The predicted octanol–water partition coefficient (Wildman–Crippen LogP) is 2.46. The summed E-state index contributed by atoms with van der Waals surface area (Å²) >= 11 is 0. The number of benzene rings is 1. The van der Waals surface area contributed by atoms with Crippen molar-refractivity contribution in [2.24, 2.45) is 0 Å². The summed E-state index contributed by atoms with van der Waals surface area (Å²) in [5.41, 5.74) is 2.28. The smallest absolute Gasteiger partial charge is 0.325 e. The van der Waals surface area contributed by atoms with Crippen LogP contribution in [-0.2, 0) is 16.0 Å². The Morgan fingerprint density at radius 3 is 2.54 bits per heavy atom. The van der Waals surface area contributed by atoms with Crippen LogP contribution in [0.3, 0.4) is 0 Å². The molecule has 0 saturated carbocycles. The largest absolute Gasteiger partial charge is 0.465 e. The normalized spacial score (nSPS) is 10.5. The lowest BCUT2D eigenvalue weighted by Crippen LogP contribution is -2.33. The number of ether oxygens (including phenoxy) is 1. The third kappa shape index (κ3) is 4.01. The first-order chi connectivity index (χ1) is 11.6. The van der Waals surface area contributed by atoms with Crippen LogP contribution >= 0.6 is 0 Å². The van der Waals surface area contributed by atoms with Crippen LogP contribution in [0, 0.1) is 0 Å². The quantitative estimate of drug-likeness (QED) is 0.732. The van der Waals surface area contributed by atoms with Crippen molar-refractivity contribution in [2.75, 3.05) is 20.2 Å². The number of aromatic nitrogens is 2. The molecule has 0 aliphatic carbocycles. The van der Waals surface area contributed by atoms with Crippen molar-refractivity contribution < 1.29 is 14.3 Å². The van der Waals surface area contributed by atoms with Gasteiger partial charge in [-0.05, 0) is 25.5 Å². The van der Waals surface area contributed by atoms with E-state index in [0.29, 0.717) is 12.2 Å². The van der Waals surface area contributed by atoms with Gasteiger partial charge in [-0.1, -0.05) is 31.5 Å². The van der Waals surface area contributed by atoms with E-state index in [2.05, 4.69) is 12.0 Å². The first kappa shape index (κ1) is 17.7. The molecule has 0 atom stereocenters. The van der Waals surface area contributed by atoms with E-state index < -0.39 is 5.97 Å². The molecule has 6 nitrogen and oxygen atoms in total. The van der Waals surface area contributed by atoms with Gasteiger partial charge in [0, 0.05) is 7.05 Å². The van der Waals surface area contributed by atoms with Gasteiger partial charge in [0.05, 0.1) is 29.7 Å². The summed E-state index contributed by atoms with van der Waals surface area (Å²) in [7, 11) is 1.59. The molecule has 0 N–H and O–H groups in total. The van der Waals surface area contributed by atoms with Crippen molar-refractivity contribution in [3.63, 3.8) is 0 Å². The van der Waals surface area contributed by atoms with Crippen LogP contribution in [-0.4, -0.2) is 46.8 Å². The molecule has 0 unspecified atom stereocenters. The minimum atomic E-state index is -0.416. The lowest BCUT2D eigenvalue weighted by atomic mass is 10.1. The van der Waals surface area contributed by atoms with Gasteiger partial charge < -0.3 is 9.64 Å². The zero-order valence-electron chi connectivity index (χ0n) is 14.4. The molecule has 2 aromatic rings. The average molecular weight is 329 g/mol. The maximum Gasteiger partial charge on any atom is 0.325 e. The van der Waals surface area contributed by atoms with Crippen molar-refractivity contribution in [2.45, 2.75) is 26.7 Å². The molecule has 6 heteroatoms. The number of carbonyl (C=O) groups is 2. The summed E-state index contributed by atoms with van der Waals surface area (Å²) in [5.74, 6) is -0.644. The Labute approximate surface area is 142 Å². The third-order valence-corrected chi connectivity index (χ3v) is 3.61. The minimum Gasteiger partial charge on any atom is -0.465 e. The summed E-state index contributed by atoms with van der Waals surface area (Å²) in [6.45, 7) is 4.02. The van der Waals surface area contributed by atoms with E-state index in [4.69, 9.17) is 4.74 Å². The fourth-order valence-corrected chi connectivity index (χ4v) is 2.50. The number of rotatable bonds is 7. The number of esters is 1. The Morgan fingerprint density at radius 2 is 1.92 bits per heavy atom. The predicted molar refractivity (Wildman–Crippen MR) is 91.2 cm³/mol. The van der Waals surface area contributed by atoms with E-state index in [-0.39, 0.29) is 12.5 Å². The maximum absolute atomic E-state index is 12.7. The molecule has 0 radical (unpaired) electrons. The zero-order valence-corrected chi connectivity index (χ0v) is 14.4. The lowest BCUT2D eigenvalue weighted by molar-refractivity contribution is -0.143. The van der Waals surface area contributed by atoms with Gasteiger partial charge in [-0.25, -0.2) is 4.68 Å². The number of carbonyl (C=O) groups excluding carboxylic acids is 2. The second-order valence-corrected chi connectivity index (χ2v) is 5.47. The van der Waals surface area contributed by atoms with Crippen molar-refractivity contribution in [1.29, 1.82) is 0 Å². The molecule has 0 fully saturated rings. The van der Waals surface area contributed by atoms with Gasteiger partial charge in [0.25, 0.3) is 5.91 Å². The van der Waals surface area contributed by atoms with Crippen LogP contribution in [0.4, 0.5) is 0 Å². The van der Waals surface area contributed by atoms with Crippen LogP contribution in [0.15, 0.2) is 36.5 Å². The molecule has 24 heavy (non-hydrogen) atoms. The van der Waals surface area contributed by atoms with Crippen LogP contribution in [0.25, 0.3) is 5.69 Å². The highest BCUT2D eigenvalue weighted by molar-refractivity contribution is 5.96. The zero-order chi connectivity index (χ0) is 17.5.